The summed E-state index contributed by atoms with van der Waals surface area (Å²) in [7, 11) is 0. The highest BCUT2D eigenvalue weighted by Crippen LogP contribution is 2.22. The summed E-state index contributed by atoms with van der Waals surface area (Å²) >= 11 is 0. The molecule has 21 heavy (non-hydrogen) atoms. The van der Waals surface area contributed by atoms with Crippen LogP contribution in [0.4, 0.5) is 13.2 Å². The molecule has 7 heteroatoms. The number of nitrogens with one attached hydrogen (secondary N) is 1. The smallest absolute Gasteiger partial charge is 0.391 e. The van der Waals surface area contributed by atoms with Gasteiger partial charge < -0.3 is 10.4 Å². The molecule has 0 heterocycles. The van der Waals surface area contributed by atoms with Gasteiger partial charge in [-0.1, -0.05) is 37.3 Å². The number of halogens is 3. The molecule has 0 fully saturated rings. The fourth-order valence-electron chi connectivity index (χ4n) is 1.86. The van der Waals surface area contributed by atoms with Gasteiger partial charge in [0.25, 0.3) is 0 Å². The van der Waals surface area contributed by atoms with Gasteiger partial charge >= 0.3 is 12.1 Å². The lowest BCUT2D eigenvalue weighted by Gasteiger charge is -2.18. The monoisotopic (exact) mass is 303 g/mol. The highest BCUT2D eigenvalue weighted by atomic mass is 19.4. The first-order chi connectivity index (χ1) is 9.69. The normalized spacial score (nSPS) is 14.3. The molecule has 2 N–H and O–H groups in total. The molecule has 0 bridgehead atoms. The van der Waals surface area contributed by atoms with E-state index in [0.717, 1.165) is 5.56 Å². The van der Waals surface area contributed by atoms with Gasteiger partial charge in [0.05, 0.1) is 6.42 Å². The molecule has 0 aliphatic rings. The lowest BCUT2D eigenvalue weighted by molar-refractivity contribution is -0.160. The van der Waals surface area contributed by atoms with Crippen LogP contribution in [0, 0.1) is 0 Å². The zero-order chi connectivity index (χ0) is 16.0. The molecule has 1 amide bonds. The lowest BCUT2D eigenvalue weighted by Crippen LogP contribution is -2.43. The van der Waals surface area contributed by atoms with E-state index in [9.17, 15) is 22.8 Å². The van der Waals surface area contributed by atoms with E-state index in [2.05, 4.69) is 0 Å². The van der Waals surface area contributed by atoms with E-state index in [-0.39, 0.29) is 12.3 Å². The quantitative estimate of drug-likeness (QED) is 0.849. The summed E-state index contributed by atoms with van der Waals surface area (Å²) in [6.07, 6.45) is -6.32. The van der Waals surface area contributed by atoms with Gasteiger partial charge in [-0.05, 0) is 11.5 Å². The second-order valence-corrected chi connectivity index (χ2v) is 4.79. The van der Waals surface area contributed by atoms with Gasteiger partial charge in [0.2, 0.25) is 5.91 Å². The SMILES string of the molecule is CC(CC(=O)NC(CC(F)(F)F)C(=O)O)c1ccccc1. The highest BCUT2D eigenvalue weighted by molar-refractivity contribution is 5.84. The summed E-state index contributed by atoms with van der Waals surface area (Å²) in [6.45, 7) is 1.74. The van der Waals surface area contributed by atoms with Crippen molar-refractivity contribution in [1.29, 1.82) is 0 Å². The molecule has 1 aromatic carbocycles. The number of hydrogen-bond donors (Lipinski definition) is 2. The molecular formula is C14H16F3NO3. The Morgan fingerprint density at radius 3 is 2.29 bits per heavy atom. The van der Waals surface area contributed by atoms with Crippen molar-refractivity contribution in [3.63, 3.8) is 0 Å². The Morgan fingerprint density at radius 2 is 1.81 bits per heavy atom. The molecule has 0 saturated carbocycles. The van der Waals surface area contributed by atoms with E-state index in [1.165, 1.54) is 0 Å². The number of benzene rings is 1. The second-order valence-electron chi connectivity index (χ2n) is 4.79. The van der Waals surface area contributed by atoms with E-state index < -0.39 is 30.5 Å². The summed E-state index contributed by atoms with van der Waals surface area (Å²) in [4.78, 5) is 22.4. The molecule has 116 valence electrons. The van der Waals surface area contributed by atoms with Crippen LogP contribution in [0.25, 0.3) is 0 Å². The van der Waals surface area contributed by atoms with Gasteiger partial charge in [-0.25, -0.2) is 4.79 Å². The third-order valence-corrected chi connectivity index (χ3v) is 2.93. The lowest BCUT2D eigenvalue weighted by atomic mass is 9.97. The van der Waals surface area contributed by atoms with Crippen molar-refractivity contribution in [3.05, 3.63) is 35.9 Å². The van der Waals surface area contributed by atoms with E-state index in [1.807, 2.05) is 5.32 Å². The number of aliphatic carboxylic acids is 1. The van der Waals surface area contributed by atoms with Crippen molar-refractivity contribution in [3.8, 4) is 0 Å². The Kier molecular flexibility index (Phi) is 5.75. The van der Waals surface area contributed by atoms with Gasteiger partial charge in [0, 0.05) is 6.42 Å². The van der Waals surface area contributed by atoms with Crippen LogP contribution in [0.1, 0.15) is 31.2 Å². The third-order valence-electron chi connectivity index (χ3n) is 2.93. The molecule has 0 aromatic heterocycles. The predicted octanol–water partition coefficient (Wildman–Crippen LogP) is 2.70. The third kappa shape index (κ3) is 6.29. The molecule has 0 aliphatic carbocycles. The average Bonchev–Trinajstić information content (AvgIpc) is 2.37. The number of amides is 1. The van der Waals surface area contributed by atoms with Crippen molar-refractivity contribution in [2.75, 3.05) is 0 Å². The van der Waals surface area contributed by atoms with Crippen molar-refractivity contribution < 1.29 is 27.9 Å². The number of alkyl halides is 3. The van der Waals surface area contributed by atoms with Gasteiger partial charge in [-0.3, -0.25) is 4.79 Å². The van der Waals surface area contributed by atoms with Crippen molar-refractivity contribution >= 4 is 11.9 Å². The molecular weight excluding hydrogens is 287 g/mol. The number of carbonyl (C=O) groups is 2. The van der Waals surface area contributed by atoms with Gasteiger partial charge in [0.15, 0.2) is 0 Å². The van der Waals surface area contributed by atoms with Crippen molar-refractivity contribution in [1.82, 2.24) is 5.32 Å². The number of carboxylic acids is 1. The fourth-order valence-corrected chi connectivity index (χ4v) is 1.86. The first-order valence-corrected chi connectivity index (χ1v) is 6.33. The largest absolute Gasteiger partial charge is 0.480 e. The molecule has 0 saturated heterocycles. The minimum atomic E-state index is -4.65. The van der Waals surface area contributed by atoms with E-state index >= 15 is 0 Å². The minimum absolute atomic E-state index is 0.0777. The van der Waals surface area contributed by atoms with E-state index in [1.54, 1.807) is 37.3 Å². The summed E-state index contributed by atoms with van der Waals surface area (Å²) in [5.41, 5.74) is 0.857. The van der Waals surface area contributed by atoms with Crippen molar-refractivity contribution in [2.24, 2.45) is 0 Å². The van der Waals surface area contributed by atoms with E-state index in [0.29, 0.717) is 0 Å². The van der Waals surface area contributed by atoms with Gasteiger partial charge in [-0.15, -0.1) is 0 Å². The first kappa shape index (κ1) is 17.0. The van der Waals surface area contributed by atoms with Crippen LogP contribution >= 0.6 is 0 Å². The molecule has 1 aromatic rings. The summed E-state index contributed by atoms with van der Waals surface area (Å²) in [5, 5.41) is 10.6. The molecule has 2 unspecified atom stereocenters. The number of rotatable bonds is 6. The van der Waals surface area contributed by atoms with Crippen LogP contribution in [-0.4, -0.2) is 29.2 Å². The second kappa shape index (κ2) is 7.10. The van der Waals surface area contributed by atoms with Gasteiger partial charge in [0.1, 0.15) is 6.04 Å². The Balaban J connectivity index is 2.60. The highest BCUT2D eigenvalue weighted by Gasteiger charge is 2.36. The zero-order valence-corrected chi connectivity index (χ0v) is 11.4. The fraction of sp³-hybridized carbons (Fsp3) is 0.429. The molecule has 4 nitrogen and oxygen atoms in total. The maximum Gasteiger partial charge on any atom is 0.391 e. The Bertz CT molecular complexity index is 488. The molecule has 0 aliphatic heterocycles. The molecule has 0 spiro atoms. The van der Waals surface area contributed by atoms with Crippen LogP contribution in [0.3, 0.4) is 0 Å². The Morgan fingerprint density at radius 1 is 1.24 bits per heavy atom. The maximum absolute atomic E-state index is 12.2. The van der Waals surface area contributed by atoms with Crippen LogP contribution in [0.5, 0.6) is 0 Å². The maximum atomic E-state index is 12.2. The summed E-state index contributed by atoms with van der Waals surface area (Å²) in [5.74, 6) is -2.64. The zero-order valence-electron chi connectivity index (χ0n) is 11.4. The Labute approximate surface area is 120 Å². The minimum Gasteiger partial charge on any atom is -0.480 e. The van der Waals surface area contributed by atoms with Crippen LogP contribution in [-0.2, 0) is 9.59 Å². The number of carboxylic acid groups (broad SMARTS) is 1. The van der Waals surface area contributed by atoms with Crippen LogP contribution in [0.2, 0.25) is 0 Å². The topological polar surface area (TPSA) is 66.4 Å². The standard InChI is InChI=1S/C14H16F3NO3/c1-9(10-5-3-2-4-6-10)7-12(19)18-11(13(20)21)8-14(15,16)17/h2-6,9,11H,7-8H2,1H3,(H,18,19)(H,20,21). The molecule has 2 atom stereocenters. The number of carbonyl (C=O) groups excluding carboxylic acids is 1. The van der Waals surface area contributed by atoms with Crippen LogP contribution in [0.15, 0.2) is 30.3 Å². The Hall–Kier alpha value is -2.05. The predicted molar refractivity (Wildman–Crippen MR) is 69.7 cm³/mol. The van der Waals surface area contributed by atoms with Crippen LogP contribution < -0.4 is 5.32 Å². The average molecular weight is 303 g/mol. The number of hydrogen-bond acceptors (Lipinski definition) is 2. The summed E-state index contributed by atoms with van der Waals surface area (Å²) in [6, 6.07) is 7.01. The first-order valence-electron chi connectivity index (χ1n) is 6.33. The van der Waals surface area contributed by atoms with E-state index in [4.69, 9.17) is 5.11 Å². The molecule has 1 rings (SSSR count). The van der Waals surface area contributed by atoms with Gasteiger partial charge in [-0.2, -0.15) is 13.2 Å². The van der Waals surface area contributed by atoms with Crippen molar-refractivity contribution in [2.45, 2.75) is 37.9 Å². The molecule has 0 radical (unpaired) electrons. The summed E-state index contributed by atoms with van der Waals surface area (Å²) < 4.78 is 36.7.